The van der Waals surface area contributed by atoms with E-state index in [4.69, 9.17) is 4.98 Å². The number of aryl methyl sites for hydroxylation is 2. The Labute approximate surface area is 186 Å². The van der Waals surface area contributed by atoms with Crippen LogP contribution in [-0.4, -0.2) is 58.8 Å². The van der Waals surface area contributed by atoms with E-state index >= 15 is 0 Å². The van der Waals surface area contributed by atoms with Gasteiger partial charge in [0.05, 0.1) is 15.9 Å². The number of nitrogens with zero attached hydrogens (tertiary/aromatic N) is 4. The van der Waals surface area contributed by atoms with E-state index in [1.165, 1.54) is 10.7 Å². The number of sulfonamides is 1. The second-order valence-electron chi connectivity index (χ2n) is 8.16. The highest BCUT2D eigenvalue weighted by Crippen LogP contribution is 2.25. The molecule has 31 heavy (non-hydrogen) atoms. The number of imidazole rings is 1. The van der Waals surface area contributed by atoms with Crippen LogP contribution in [0.25, 0.3) is 11.0 Å². The van der Waals surface area contributed by atoms with Crippen LogP contribution in [0.4, 0.5) is 0 Å². The molecule has 0 aliphatic carbocycles. The first-order valence-corrected chi connectivity index (χ1v) is 13.1. The van der Waals surface area contributed by atoms with E-state index in [-0.39, 0.29) is 10.8 Å². The number of amides is 1. The van der Waals surface area contributed by atoms with Crippen molar-refractivity contribution < 1.29 is 13.2 Å². The molecule has 0 bridgehead atoms. The van der Waals surface area contributed by atoms with Gasteiger partial charge in [0, 0.05) is 45.1 Å². The van der Waals surface area contributed by atoms with Crippen molar-refractivity contribution in [3.05, 3.63) is 24.0 Å². The Balaban J connectivity index is 1.84. The fourth-order valence-corrected chi connectivity index (χ4v) is 6.17. The first-order chi connectivity index (χ1) is 14.9. The molecule has 2 aromatic rings. The number of piperidine rings is 1. The zero-order valence-corrected chi connectivity index (χ0v) is 20.1. The lowest BCUT2D eigenvalue weighted by Crippen LogP contribution is -2.43. The maximum atomic E-state index is 12.9. The maximum absolute atomic E-state index is 12.9. The minimum Gasteiger partial charge on any atom is -0.340 e. The minimum atomic E-state index is -3.53. The van der Waals surface area contributed by atoms with Crippen molar-refractivity contribution in [1.82, 2.24) is 18.8 Å². The molecule has 1 unspecified atom stereocenters. The molecule has 1 aliphatic heterocycles. The summed E-state index contributed by atoms with van der Waals surface area (Å²) in [6.07, 6.45) is 5.38. The molecule has 0 spiro atoms. The van der Waals surface area contributed by atoms with Crippen LogP contribution in [0.1, 0.15) is 65.6 Å². The van der Waals surface area contributed by atoms with E-state index in [9.17, 15) is 13.2 Å². The van der Waals surface area contributed by atoms with Gasteiger partial charge in [-0.15, -0.1) is 0 Å². The molecule has 0 radical (unpaired) electrons. The van der Waals surface area contributed by atoms with Gasteiger partial charge in [0.2, 0.25) is 15.9 Å². The molecule has 1 aromatic heterocycles. The van der Waals surface area contributed by atoms with E-state index in [0.29, 0.717) is 37.5 Å². The fraction of sp³-hybridized carbons (Fsp3) is 0.652. The molecule has 3 rings (SSSR count). The molecule has 172 valence electrons. The van der Waals surface area contributed by atoms with Crippen LogP contribution in [0.15, 0.2) is 23.1 Å². The lowest BCUT2D eigenvalue weighted by molar-refractivity contribution is -0.134. The van der Waals surface area contributed by atoms with Gasteiger partial charge >= 0.3 is 0 Å². The Morgan fingerprint density at radius 3 is 2.55 bits per heavy atom. The first kappa shape index (κ1) is 23.7. The number of fused-ring (bicyclic) bond motifs is 1. The van der Waals surface area contributed by atoms with Gasteiger partial charge in [-0.2, -0.15) is 4.31 Å². The molecule has 1 atom stereocenters. The van der Waals surface area contributed by atoms with Crippen LogP contribution in [-0.2, 0) is 27.8 Å². The summed E-state index contributed by atoms with van der Waals surface area (Å²) in [6, 6.07) is 5.53. The van der Waals surface area contributed by atoms with Gasteiger partial charge in [-0.3, -0.25) is 4.79 Å². The van der Waals surface area contributed by atoms with Crippen molar-refractivity contribution in [3.8, 4) is 0 Å². The molecule has 1 fully saturated rings. The third kappa shape index (κ3) is 4.80. The van der Waals surface area contributed by atoms with E-state index in [2.05, 4.69) is 16.4 Å². The van der Waals surface area contributed by atoms with Crippen LogP contribution < -0.4 is 0 Å². The maximum Gasteiger partial charge on any atom is 0.243 e. The summed E-state index contributed by atoms with van der Waals surface area (Å²) in [4.78, 5) is 19.9. The van der Waals surface area contributed by atoms with Crippen LogP contribution >= 0.6 is 0 Å². The summed E-state index contributed by atoms with van der Waals surface area (Å²) >= 11 is 0. The summed E-state index contributed by atoms with van der Waals surface area (Å²) in [5.74, 6) is 1.04. The largest absolute Gasteiger partial charge is 0.340 e. The SMILES string of the molecule is CCC1CCCCN1C(=O)CCc1nc2cc(S(=O)(=O)N(CC)CC)ccc2n1CC. The zero-order chi connectivity index (χ0) is 22.6. The van der Waals surface area contributed by atoms with Crippen molar-refractivity contribution in [2.75, 3.05) is 19.6 Å². The van der Waals surface area contributed by atoms with Gasteiger partial charge < -0.3 is 9.47 Å². The van der Waals surface area contributed by atoms with E-state index in [1.807, 2.05) is 26.8 Å². The van der Waals surface area contributed by atoms with Gasteiger partial charge in [0.15, 0.2) is 0 Å². The smallest absolute Gasteiger partial charge is 0.243 e. The lowest BCUT2D eigenvalue weighted by Gasteiger charge is -2.35. The number of aromatic nitrogens is 2. The van der Waals surface area contributed by atoms with Gasteiger partial charge in [-0.1, -0.05) is 20.8 Å². The average Bonchev–Trinajstić information content (AvgIpc) is 3.14. The number of hydrogen-bond donors (Lipinski definition) is 0. The van der Waals surface area contributed by atoms with Crippen molar-refractivity contribution in [3.63, 3.8) is 0 Å². The molecule has 8 heteroatoms. The van der Waals surface area contributed by atoms with Gasteiger partial charge in [0.1, 0.15) is 5.82 Å². The number of likely N-dealkylation sites (tertiary alicyclic amines) is 1. The number of carbonyl (C=O) groups excluding carboxylic acids is 1. The number of rotatable bonds is 9. The second-order valence-corrected chi connectivity index (χ2v) is 10.1. The van der Waals surface area contributed by atoms with Crippen LogP contribution in [0, 0.1) is 0 Å². The summed E-state index contributed by atoms with van der Waals surface area (Å²) in [6.45, 7) is 10.3. The van der Waals surface area contributed by atoms with Gasteiger partial charge in [0.25, 0.3) is 0 Å². The number of benzene rings is 1. The minimum absolute atomic E-state index is 0.200. The van der Waals surface area contributed by atoms with Crippen molar-refractivity contribution in [2.24, 2.45) is 0 Å². The van der Waals surface area contributed by atoms with Crippen LogP contribution in [0.2, 0.25) is 0 Å². The molecule has 1 amide bonds. The third-order valence-electron chi connectivity index (χ3n) is 6.44. The van der Waals surface area contributed by atoms with Crippen molar-refractivity contribution in [2.45, 2.75) is 83.7 Å². The summed E-state index contributed by atoms with van der Waals surface area (Å²) in [5.41, 5.74) is 1.58. The molecule has 1 aliphatic rings. The first-order valence-electron chi connectivity index (χ1n) is 11.7. The standard InChI is InChI=1S/C23H36N4O3S/c1-5-18-11-9-10-16-27(18)23(28)15-14-22-24-20-17-19(12-13-21(20)26(22)8-4)31(29,30)25(6-2)7-3/h12-13,17-18H,5-11,14-16H2,1-4H3. The Morgan fingerprint density at radius 1 is 1.16 bits per heavy atom. The fourth-order valence-electron chi connectivity index (χ4n) is 4.69. The molecule has 0 N–H and O–H groups in total. The Bertz CT molecular complexity index is 1010. The molecule has 7 nitrogen and oxygen atoms in total. The molecule has 2 heterocycles. The highest BCUT2D eigenvalue weighted by atomic mass is 32.2. The molecule has 1 saturated heterocycles. The van der Waals surface area contributed by atoms with Crippen molar-refractivity contribution in [1.29, 1.82) is 0 Å². The second kappa shape index (κ2) is 10.1. The highest BCUT2D eigenvalue weighted by Gasteiger charge is 2.26. The molecule has 0 saturated carbocycles. The zero-order valence-electron chi connectivity index (χ0n) is 19.3. The lowest BCUT2D eigenvalue weighted by atomic mass is 9.99. The number of hydrogen-bond acceptors (Lipinski definition) is 4. The molecule has 1 aromatic carbocycles. The third-order valence-corrected chi connectivity index (χ3v) is 8.49. The quantitative estimate of drug-likeness (QED) is 0.585. The van der Waals surface area contributed by atoms with E-state index in [1.54, 1.807) is 12.1 Å². The monoisotopic (exact) mass is 448 g/mol. The number of carbonyl (C=O) groups is 1. The van der Waals surface area contributed by atoms with Crippen LogP contribution in [0.3, 0.4) is 0 Å². The highest BCUT2D eigenvalue weighted by molar-refractivity contribution is 7.89. The van der Waals surface area contributed by atoms with E-state index in [0.717, 1.165) is 43.7 Å². The van der Waals surface area contributed by atoms with Crippen LogP contribution in [0.5, 0.6) is 0 Å². The topological polar surface area (TPSA) is 75.5 Å². The summed E-state index contributed by atoms with van der Waals surface area (Å²) in [7, 11) is -3.53. The Morgan fingerprint density at radius 2 is 1.90 bits per heavy atom. The summed E-state index contributed by atoms with van der Waals surface area (Å²) in [5, 5.41) is 0. The Hall–Kier alpha value is -1.93. The van der Waals surface area contributed by atoms with Gasteiger partial charge in [-0.25, -0.2) is 13.4 Å². The van der Waals surface area contributed by atoms with E-state index < -0.39 is 10.0 Å². The normalized spacial score (nSPS) is 17.6. The predicted octanol–water partition coefficient (Wildman–Crippen LogP) is 3.81. The molecular formula is C23H36N4O3S. The van der Waals surface area contributed by atoms with Gasteiger partial charge in [-0.05, 0) is 50.8 Å². The Kier molecular flexibility index (Phi) is 7.75. The average molecular weight is 449 g/mol. The van der Waals surface area contributed by atoms with Crippen molar-refractivity contribution >= 4 is 27.0 Å². The predicted molar refractivity (Wildman–Crippen MR) is 123 cm³/mol. The summed E-state index contributed by atoms with van der Waals surface area (Å²) < 4.78 is 29.3. The molecular weight excluding hydrogens is 412 g/mol.